The van der Waals surface area contributed by atoms with Crippen LogP contribution in [0.3, 0.4) is 0 Å². The summed E-state index contributed by atoms with van der Waals surface area (Å²) in [6.45, 7) is 1.48. The summed E-state index contributed by atoms with van der Waals surface area (Å²) in [7, 11) is 3.90. The molecule has 0 unspecified atom stereocenters. The van der Waals surface area contributed by atoms with E-state index in [-0.39, 0.29) is 24.7 Å². The highest BCUT2D eigenvalue weighted by molar-refractivity contribution is 5.76. The van der Waals surface area contributed by atoms with Crippen molar-refractivity contribution >= 4 is 5.91 Å². The molecule has 0 saturated heterocycles. The summed E-state index contributed by atoms with van der Waals surface area (Å²) in [5, 5.41) is 0. The maximum Gasteiger partial charge on any atom is 0.223 e. The van der Waals surface area contributed by atoms with E-state index in [1.807, 2.05) is 49.3 Å². The van der Waals surface area contributed by atoms with Gasteiger partial charge in [0.2, 0.25) is 5.91 Å². The molecule has 0 N–H and O–H groups in total. The second kappa shape index (κ2) is 9.98. The molecule has 0 spiro atoms. The number of likely N-dealkylation sites (N-methyl/N-ethyl adjacent to an activating group) is 1. The van der Waals surface area contributed by atoms with Gasteiger partial charge in [-0.2, -0.15) is 0 Å². The Kier molecular flexibility index (Phi) is 7.14. The van der Waals surface area contributed by atoms with Crippen molar-refractivity contribution in [3.05, 3.63) is 78.1 Å². The quantitative estimate of drug-likeness (QED) is 0.549. The minimum atomic E-state index is -0.296. The largest absolute Gasteiger partial charge is 0.441 e. The Balaban J connectivity index is 1.63. The van der Waals surface area contributed by atoms with E-state index in [0.29, 0.717) is 36.7 Å². The first-order chi connectivity index (χ1) is 14.0. The van der Waals surface area contributed by atoms with E-state index < -0.39 is 0 Å². The molecule has 0 fully saturated rings. The highest BCUT2D eigenvalue weighted by Crippen LogP contribution is 2.20. The zero-order chi connectivity index (χ0) is 20.6. The molecule has 3 aromatic rings. The number of aromatic nitrogens is 1. The van der Waals surface area contributed by atoms with Crippen LogP contribution >= 0.6 is 0 Å². The summed E-state index contributed by atoms with van der Waals surface area (Å²) in [5.41, 5.74) is 1.46. The SMILES string of the molecule is CN(C)CCN(Cc1ccccc1F)C(=O)CCc1ncc(-c2ccccc2)o1. The monoisotopic (exact) mass is 395 g/mol. The van der Waals surface area contributed by atoms with Gasteiger partial charge in [-0.15, -0.1) is 0 Å². The van der Waals surface area contributed by atoms with E-state index in [9.17, 15) is 9.18 Å². The van der Waals surface area contributed by atoms with Gasteiger partial charge in [-0.25, -0.2) is 9.37 Å². The zero-order valence-corrected chi connectivity index (χ0v) is 16.8. The number of carbonyl (C=O) groups excluding carboxylic acids is 1. The molecule has 0 aliphatic rings. The number of aryl methyl sites for hydroxylation is 1. The summed E-state index contributed by atoms with van der Waals surface area (Å²) in [6, 6.07) is 16.3. The van der Waals surface area contributed by atoms with Gasteiger partial charge < -0.3 is 14.2 Å². The van der Waals surface area contributed by atoms with Crippen LogP contribution in [0.1, 0.15) is 17.9 Å². The van der Waals surface area contributed by atoms with Gasteiger partial charge in [-0.05, 0) is 20.2 Å². The van der Waals surface area contributed by atoms with Gasteiger partial charge in [-0.1, -0.05) is 48.5 Å². The lowest BCUT2D eigenvalue weighted by molar-refractivity contribution is -0.132. The van der Waals surface area contributed by atoms with Crippen molar-refractivity contribution in [1.29, 1.82) is 0 Å². The van der Waals surface area contributed by atoms with Gasteiger partial charge in [0.05, 0.1) is 6.20 Å². The number of nitrogens with zero attached hydrogens (tertiary/aromatic N) is 3. The van der Waals surface area contributed by atoms with Crippen molar-refractivity contribution in [2.24, 2.45) is 0 Å². The molecule has 0 radical (unpaired) electrons. The molecule has 6 heteroatoms. The van der Waals surface area contributed by atoms with E-state index in [1.165, 1.54) is 6.07 Å². The van der Waals surface area contributed by atoms with Crippen molar-refractivity contribution in [2.75, 3.05) is 27.2 Å². The van der Waals surface area contributed by atoms with Crippen LogP contribution in [0, 0.1) is 5.82 Å². The summed E-state index contributed by atoms with van der Waals surface area (Å²) < 4.78 is 19.8. The first-order valence-corrected chi connectivity index (χ1v) is 9.69. The Morgan fingerprint density at radius 2 is 1.76 bits per heavy atom. The average Bonchev–Trinajstić information content (AvgIpc) is 3.20. The van der Waals surface area contributed by atoms with Crippen LogP contribution in [0.15, 0.2) is 65.2 Å². The number of rotatable bonds is 9. The second-order valence-electron chi connectivity index (χ2n) is 7.19. The lowest BCUT2D eigenvalue weighted by atomic mass is 10.2. The molecule has 3 rings (SSSR count). The molecule has 0 atom stereocenters. The van der Waals surface area contributed by atoms with Crippen molar-refractivity contribution in [3.63, 3.8) is 0 Å². The fourth-order valence-electron chi connectivity index (χ4n) is 2.98. The Morgan fingerprint density at radius 1 is 1.03 bits per heavy atom. The molecule has 0 aliphatic heterocycles. The molecule has 0 aliphatic carbocycles. The molecular weight excluding hydrogens is 369 g/mol. The Morgan fingerprint density at radius 3 is 2.48 bits per heavy atom. The van der Waals surface area contributed by atoms with Crippen LogP contribution in [-0.4, -0.2) is 47.9 Å². The summed E-state index contributed by atoms with van der Waals surface area (Å²) in [5.74, 6) is 0.865. The molecule has 1 amide bonds. The number of oxazole rings is 1. The fraction of sp³-hybridized carbons (Fsp3) is 0.304. The highest BCUT2D eigenvalue weighted by atomic mass is 19.1. The summed E-state index contributed by atoms with van der Waals surface area (Å²) in [4.78, 5) is 20.8. The van der Waals surface area contributed by atoms with E-state index >= 15 is 0 Å². The van der Waals surface area contributed by atoms with Gasteiger partial charge in [0.1, 0.15) is 5.82 Å². The number of hydrogen-bond donors (Lipinski definition) is 0. The van der Waals surface area contributed by atoms with Crippen LogP contribution in [0.25, 0.3) is 11.3 Å². The number of benzene rings is 2. The van der Waals surface area contributed by atoms with E-state index in [1.54, 1.807) is 29.3 Å². The van der Waals surface area contributed by atoms with Crippen LogP contribution in [0.2, 0.25) is 0 Å². The third-order valence-corrected chi connectivity index (χ3v) is 4.65. The molecule has 29 heavy (non-hydrogen) atoms. The van der Waals surface area contributed by atoms with Crippen molar-refractivity contribution in [1.82, 2.24) is 14.8 Å². The minimum Gasteiger partial charge on any atom is -0.441 e. The molecule has 152 valence electrons. The van der Waals surface area contributed by atoms with Gasteiger partial charge in [0.25, 0.3) is 0 Å². The van der Waals surface area contributed by atoms with Crippen LogP contribution in [0.5, 0.6) is 0 Å². The van der Waals surface area contributed by atoms with Crippen molar-refractivity contribution in [3.8, 4) is 11.3 Å². The smallest absolute Gasteiger partial charge is 0.223 e. The number of halogens is 1. The molecule has 2 aromatic carbocycles. The zero-order valence-electron chi connectivity index (χ0n) is 16.8. The summed E-state index contributed by atoms with van der Waals surface area (Å²) >= 11 is 0. The number of carbonyl (C=O) groups is 1. The highest BCUT2D eigenvalue weighted by Gasteiger charge is 2.17. The molecule has 0 bridgehead atoms. The predicted molar refractivity (Wildman–Crippen MR) is 111 cm³/mol. The average molecular weight is 395 g/mol. The van der Waals surface area contributed by atoms with Gasteiger partial charge in [0, 0.05) is 43.6 Å². The Hall–Kier alpha value is -2.99. The number of amides is 1. The lowest BCUT2D eigenvalue weighted by Crippen LogP contribution is -2.36. The topological polar surface area (TPSA) is 49.6 Å². The van der Waals surface area contributed by atoms with Crippen LogP contribution < -0.4 is 0 Å². The maximum absolute atomic E-state index is 14.1. The molecule has 1 aromatic heterocycles. The van der Waals surface area contributed by atoms with Crippen molar-refractivity contribution in [2.45, 2.75) is 19.4 Å². The van der Waals surface area contributed by atoms with Crippen LogP contribution in [0.4, 0.5) is 4.39 Å². The van der Waals surface area contributed by atoms with E-state index in [2.05, 4.69) is 4.98 Å². The Labute approximate surface area is 170 Å². The van der Waals surface area contributed by atoms with E-state index in [4.69, 9.17) is 4.42 Å². The third kappa shape index (κ3) is 5.99. The minimum absolute atomic E-state index is 0.0467. The van der Waals surface area contributed by atoms with Gasteiger partial charge in [-0.3, -0.25) is 4.79 Å². The first kappa shape index (κ1) is 20.7. The fourth-order valence-corrected chi connectivity index (χ4v) is 2.98. The maximum atomic E-state index is 14.1. The van der Waals surface area contributed by atoms with Crippen LogP contribution in [-0.2, 0) is 17.8 Å². The predicted octanol–water partition coefficient (Wildman–Crippen LogP) is 4.00. The molecule has 5 nitrogen and oxygen atoms in total. The van der Waals surface area contributed by atoms with Gasteiger partial charge >= 0.3 is 0 Å². The first-order valence-electron chi connectivity index (χ1n) is 9.69. The molecule has 1 heterocycles. The lowest BCUT2D eigenvalue weighted by Gasteiger charge is -2.24. The normalized spacial score (nSPS) is 11.0. The third-order valence-electron chi connectivity index (χ3n) is 4.65. The summed E-state index contributed by atoms with van der Waals surface area (Å²) in [6.07, 6.45) is 2.34. The molecular formula is C23H26FN3O2. The standard InChI is InChI=1S/C23H26FN3O2/c1-26(2)14-15-27(17-19-10-6-7-11-20(19)24)23(28)13-12-22-25-16-21(29-22)18-8-4-3-5-9-18/h3-11,16H,12-15,17H2,1-2H3. The van der Waals surface area contributed by atoms with Crippen molar-refractivity contribution < 1.29 is 13.6 Å². The Bertz CT molecular complexity index is 925. The number of hydrogen-bond acceptors (Lipinski definition) is 4. The molecule has 0 saturated carbocycles. The van der Waals surface area contributed by atoms with Gasteiger partial charge in [0.15, 0.2) is 11.7 Å². The second-order valence-corrected chi connectivity index (χ2v) is 7.19. The van der Waals surface area contributed by atoms with E-state index in [0.717, 1.165) is 5.56 Å².